The van der Waals surface area contributed by atoms with E-state index < -0.39 is 20.0 Å². The quantitative estimate of drug-likeness (QED) is 0.0579. The topological polar surface area (TPSA) is 158 Å². The number of alkyl halides is 2. The standard InChI is InChI=1S/C27H34N4O3S.C24H30N4O3S.C4H8Br2/c1-29-19-27(28-20-29)35(32,33)30(2)15-16-34-23-11-9-22-10-12-26(31-13-6-14-31)25(24(22)18-23)17-21-7-4-3-5-8-21;1-27-16-24(26-17-27)32(29,30)28(2)12-13-31-20-10-8-19-9-11-23(25)22(21(19)15-20)14-18-6-4-3-5-7-18;5-3-1-2-4-6/h3-5,7-9,11,18-20,25-26H,6,10,12-17H2,1-2H3;3-8,10,15-17,22-23H,9,11-14,25H2,1-2H3;1-4H2. The van der Waals surface area contributed by atoms with Crippen LogP contribution >= 0.6 is 31.9 Å². The van der Waals surface area contributed by atoms with Gasteiger partial charge < -0.3 is 24.3 Å². The first kappa shape index (κ1) is 56.3. The molecule has 0 bridgehead atoms. The van der Waals surface area contributed by atoms with Gasteiger partial charge in [-0.15, -0.1) is 0 Å². The molecule has 9 rings (SSSR count). The molecule has 0 spiro atoms. The van der Waals surface area contributed by atoms with E-state index in [9.17, 15) is 16.8 Å². The minimum atomic E-state index is -3.63. The molecule has 0 amide bonds. The fourth-order valence-corrected chi connectivity index (χ4v) is 12.7. The summed E-state index contributed by atoms with van der Waals surface area (Å²) in [6.45, 7) is 3.39. The number of imidazole rings is 2. The Labute approximate surface area is 450 Å². The number of hydrogen-bond donors (Lipinski definition) is 1. The zero-order chi connectivity index (χ0) is 52.0. The number of sulfonamides is 2. The summed E-state index contributed by atoms with van der Waals surface area (Å²) in [6.07, 6.45) is 16.0. The first-order valence-corrected chi connectivity index (χ1v) is 30.4. The van der Waals surface area contributed by atoms with Gasteiger partial charge in [-0.1, -0.05) is 105 Å². The number of halogens is 2. The Hall–Kier alpha value is -4.40. The fraction of sp³-hybridized carbons (Fsp3) is 0.455. The predicted octanol–water partition coefficient (Wildman–Crippen LogP) is 8.74. The van der Waals surface area contributed by atoms with Gasteiger partial charge in [0.15, 0.2) is 10.1 Å². The Balaban J connectivity index is 0.000000193. The Morgan fingerprint density at radius 2 is 1.10 bits per heavy atom. The minimum absolute atomic E-state index is 0.0361. The van der Waals surface area contributed by atoms with Gasteiger partial charge in [0.25, 0.3) is 20.0 Å². The van der Waals surface area contributed by atoms with Crippen LogP contribution in [0.4, 0.5) is 0 Å². The molecule has 3 heterocycles. The highest BCUT2D eigenvalue weighted by atomic mass is 79.9. The summed E-state index contributed by atoms with van der Waals surface area (Å²) in [6, 6.07) is 34.4. The van der Waals surface area contributed by atoms with Crippen molar-refractivity contribution < 1.29 is 26.3 Å². The van der Waals surface area contributed by atoms with Crippen molar-refractivity contribution in [2.45, 2.75) is 91.8 Å². The van der Waals surface area contributed by atoms with Gasteiger partial charge in [-0.25, -0.2) is 26.8 Å². The molecule has 73 heavy (non-hydrogen) atoms. The van der Waals surface area contributed by atoms with Crippen molar-refractivity contribution in [3.05, 3.63) is 155 Å². The van der Waals surface area contributed by atoms with Crippen LogP contribution in [0.25, 0.3) is 0 Å². The summed E-state index contributed by atoms with van der Waals surface area (Å²) in [5.74, 6) is 2.20. The normalized spacial score (nSPS) is 18.6. The number of fused-ring (bicyclic) bond motifs is 2. The number of hydrogen-bond acceptors (Lipinski definition) is 10. The Morgan fingerprint density at radius 3 is 1.52 bits per heavy atom. The molecule has 1 aliphatic heterocycles. The van der Waals surface area contributed by atoms with Crippen LogP contribution < -0.4 is 15.2 Å². The smallest absolute Gasteiger partial charge is 0.261 e. The highest BCUT2D eigenvalue weighted by Crippen LogP contribution is 2.41. The molecule has 1 fully saturated rings. The summed E-state index contributed by atoms with van der Waals surface area (Å²) < 4.78 is 68.5. The van der Waals surface area contributed by atoms with Gasteiger partial charge in [-0.05, 0) is 129 Å². The zero-order valence-corrected chi connectivity index (χ0v) is 47.4. The maximum Gasteiger partial charge on any atom is 0.261 e. The number of likely N-dealkylation sites (tertiary alicyclic amines) is 1. The van der Waals surface area contributed by atoms with Crippen molar-refractivity contribution in [3.63, 3.8) is 0 Å². The molecule has 2 aromatic heterocycles. The summed E-state index contributed by atoms with van der Waals surface area (Å²) >= 11 is 6.66. The largest absolute Gasteiger partial charge is 0.492 e. The number of aromatic nitrogens is 4. The molecule has 394 valence electrons. The number of nitrogens with zero attached hydrogens (tertiary/aromatic N) is 7. The van der Waals surface area contributed by atoms with E-state index in [0.717, 1.165) is 54.3 Å². The molecule has 4 unspecified atom stereocenters. The molecule has 0 radical (unpaired) electrons. The van der Waals surface area contributed by atoms with Gasteiger partial charge in [0, 0.05) is 88.3 Å². The van der Waals surface area contributed by atoms with E-state index in [1.54, 1.807) is 30.3 Å². The van der Waals surface area contributed by atoms with Crippen LogP contribution in [0.15, 0.2) is 132 Å². The third-order valence-electron chi connectivity index (χ3n) is 14.0. The fourth-order valence-electron chi connectivity index (χ4n) is 9.67. The van der Waals surface area contributed by atoms with E-state index in [1.807, 2.05) is 18.2 Å². The lowest BCUT2D eigenvalue weighted by Crippen LogP contribution is -2.49. The summed E-state index contributed by atoms with van der Waals surface area (Å²) in [7, 11) is -0.669. The lowest BCUT2D eigenvalue weighted by atomic mass is 9.75. The number of ether oxygens (including phenoxy) is 2. The van der Waals surface area contributed by atoms with Gasteiger partial charge in [0.05, 0.1) is 12.7 Å². The Bertz CT molecular complexity index is 2880. The number of aryl methyl sites for hydroxylation is 4. The van der Waals surface area contributed by atoms with Crippen LogP contribution in [-0.2, 0) is 59.8 Å². The van der Waals surface area contributed by atoms with Crippen LogP contribution in [0.1, 0.15) is 77.3 Å². The maximum atomic E-state index is 12.7. The molecule has 2 N–H and O–H groups in total. The van der Waals surface area contributed by atoms with Crippen molar-refractivity contribution in [1.82, 2.24) is 32.6 Å². The molecule has 0 saturated carbocycles. The van der Waals surface area contributed by atoms with Crippen molar-refractivity contribution in [1.29, 1.82) is 0 Å². The molecular formula is C55H72Br2N8O6S2. The molecule has 4 aromatic carbocycles. The summed E-state index contributed by atoms with van der Waals surface area (Å²) in [4.78, 5) is 10.6. The van der Waals surface area contributed by atoms with E-state index in [-0.39, 0.29) is 48.3 Å². The number of unbranched alkanes of at least 4 members (excludes halogenated alkanes) is 1. The van der Waals surface area contributed by atoms with Crippen molar-refractivity contribution >= 4 is 51.9 Å². The van der Waals surface area contributed by atoms with E-state index in [4.69, 9.17) is 15.2 Å². The molecule has 1 saturated heterocycles. The lowest BCUT2D eigenvalue weighted by Gasteiger charge is -2.45. The molecule has 6 aromatic rings. The Morgan fingerprint density at radius 1 is 0.644 bits per heavy atom. The van der Waals surface area contributed by atoms with Crippen LogP contribution in [0, 0.1) is 0 Å². The second-order valence-electron chi connectivity index (χ2n) is 19.2. The van der Waals surface area contributed by atoms with Gasteiger partial charge in [0.2, 0.25) is 0 Å². The maximum absolute atomic E-state index is 12.7. The van der Waals surface area contributed by atoms with Crippen molar-refractivity contribution in [2.75, 3.05) is 64.1 Å². The first-order chi connectivity index (χ1) is 35.2. The van der Waals surface area contributed by atoms with Gasteiger partial charge >= 0.3 is 0 Å². The van der Waals surface area contributed by atoms with E-state index >= 15 is 0 Å². The summed E-state index contributed by atoms with van der Waals surface area (Å²) in [5.41, 5.74) is 14.5. The zero-order valence-electron chi connectivity index (χ0n) is 42.6. The van der Waals surface area contributed by atoms with Gasteiger partial charge in [-0.2, -0.15) is 8.61 Å². The SMILES string of the molecule is BrCCCCBr.CN(CCOc1ccc2c(c1)C(Cc1ccccc1)C(N)CC2)S(=O)(=O)c1cn(C)cn1.CN(CCOc1ccc2c(c1)C(Cc1ccccc1)C(N1CCC1)CC2)S(=O)(=O)c1cn(C)cn1. The van der Waals surface area contributed by atoms with Crippen LogP contribution in [-0.4, -0.2) is 126 Å². The second-order valence-corrected chi connectivity index (χ2v) is 24.8. The number of likely N-dealkylation sites (N-methyl/N-ethyl adjacent to an activating group) is 2. The summed E-state index contributed by atoms with van der Waals surface area (Å²) in [5, 5.41) is 2.36. The third kappa shape index (κ3) is 15.1. The van der Waals surface area contributed by atoms with E-state index in [1.165, 1.54) is 113 Å². The average molecular weight is 1170 g/mol. The van der Waals surface area contributed by atoms with E-state index in [0.29, 0.717) is 12.0 Å². The van der Waals surface area contributed by atoms with E-state index in [2.05, 4.69) is 126 Å². The second kappa shape index (κ2) is 26.9. The molecule has 14 nitrogen and oxygen atoms in total. The van der Waals surface area contributed by atoms with Gasteiger partial charge in [0.1, 0.15) is 24.7 Å². The van der Waals surface area contributed by atoms with Crippen LogP contribution in [0.5, 0.6) is 11.5 Å². The van der Waals surface area contributed by atoms with Crippen molar-refractivity contribution in [2.24, 2.45) is 19.8 Å². The Kier molecular flexibility index (Phi) is 20.7. The first-order valence-electron chi connectivity index (χ1n) is 25.3. The number of rotatable bonds is 20. The third-order valence-corrected chi connectivity index (χ3v) is 18.6. The minimum Gasteiger partial charge on any atom is -0.492 e. The monoisotopic (exact) mass is 1160 g/mol. The highest BCUT2D eigenvalue weighted by molar-refractivity contribution is 9.09. The number of benzene rings is 4. The lowest BCUT2D eigenvalue weighted by molar-refractivity contribution is 0.0876. The predicted molar refractivity (Wildman–Crippen MR) is 297 cm³/mol. The van der Waals surface area contributed by atoms with Gasteiger partial charge in [-0.3, -0.25) is 4.90 Å². The molecule has 2 aliphatic carbocycles. The number of nitrogens with two attached hydrogens (primary N) is 1. The van der Waals surface area contributed by atoms with Crippen LogP contribution in [0.3, 0.4) is 0 Å². The van der Waals surface area contributed by atoms with Crippen LogP contribution in [0.2, 0.25) is 0 Å². The molecule has 4 atom stereocenters. The molecular weight excluding hydrogens is 1090 g/mol. The average Bonchev–Trinajstić information content (AvgIpc) is 4.04. The highest BCUT2D eigenvalue weighted by Gasteiger charge is 2.36. The molecule has 18 heteroatoms. The van der Waals surface area contributed by atoms with Crippen molar-refractivity contribution in [3.8, 4) is 11.5 Å². The molecule has 3 aliphatic rings.